The fraction of sp³-hybridized carbons (Fsp3) is 0.409. The van der Waals surface area contributed by atoms with E-state index in [1.165, 1.54) is 5.56 Å². The number of benzene rings is 1. The molecule has 0 saturated carbocycles. The topological polar surface area (TPSA) is 112 Å². The summed E-state index contributed by atoms with van der Waals surface area (Å²) in [6.07, 6.45) is 0. The van der Waals surface area contributed by atoms with Crippen LogP contribution in [0.1, 0.15) is 23.7 Å². The summed E-state index contributed by atoms with van der Waals surface area (Å²) in [5.74, 6) is 0.0433. The van der Waals surface area contributed by atoms with Crippen molar-refractivity contribution in [3.8, 4) is 0 Å². The first-order valence-electron chi connectivity index (χ1n) is 10.2. The zero-order valence-corrected chi connectivity index (χ0v) is 17.5. The summed E-state index contributed by atoms with van der Waals surface area (Å²) in [4.78, 5) is 31.5. The van der Waals surface area contributed by atoms with E-state index in [0.717, 1.165) is 30.9 Å². The van der Waals surface area contributed by atoms with Crippen LogP contribution < -0.4 is 21.7 Å². The number of pyridine rings is 1. The van der Waals surface area contributed by atoms with Crippen molar-refractivity contribution in [1.82, 2.24) is 25.8 Å². The molecular formula is C22H30N6O2. The molecule has 160 valence electrons. The molecule has 2 unspecified atom stereocenters. The number of hydrogen-bond donors (Lipinski definition) is 4. The summed E-state index contributed by atoms with van der Waals surface area (Å²) in [7, 11) is 0. The van der Waals surface area contributed by atoms with E-state index in [2.05, 4.69) is 38.0 Å². The summed E-state index contributed by atoms with van der Waals surface area (Å²) in [5, 5.41) is 8.91. The van der Waals surface area contributed by atoms with E-state index in [0.29, 0.717) is 18.9 Å². The van der Waals surface area contributed by atoms with Gasteiger partial charge in [0.15, 0.2) is 0 Å². The van der Waals surface area contributed by atoms with Crippen LogP contribution in [-0.2, 0) is 22.7 Å². The van der Waals surface area contributed by atoms with Crippen LogP contribution in [0.5, 0.6) is 0 Å². The van der Waals surface area contributed by atoms with E-state index in [4.69, 9.17) is 5.73 Å². The molecule has 0 spiro atoms. The number of carbonyl (C=O) groups is 2. The Morgan fingerprint density at radius 2 is 2.03 bits per heavy atom. The van der Waals surface area contributed by atoms with Crippen molar-refractivity contribution >= 4 is 17.6 Å². The molecule has 0 radical (unpaired) electrons. The summed E-state index contributed by atoms with van der Waals surface area (Å²) in [6.45, 7) is 6.89. The Kier molecular flexibility index (Phi) is 7.37. The van der Waals surface area contributed by atoms with Crippen LogP contribution in [0, 0.1) is 6.92 Å². The number of carbonyl (C=O) groups excluding carboxylic acids is 2. The number of piperazine rings is 1. The smallest absolute Gasteiger partial charge is 0.242 e. The standard InChI is InChI=1S/C22H30N6O2/c1-15-18(8-9-20(23)26-15)12-25-21(29)16(2)27-22(30)19-14-28(11-10-24-19)13-17-6-4-3-5-7-17/h3-9,16,19,24H,10-14H2,1-2H3,(H2,23,26)(H,25,29)(H,27,30). The lowest BCUT2D eigenvalue weighted by atomic mass is 10.1. The van der Waals surface area contributed by atoms with Gasteiger partial charge in [0, 0.05) is 38.4 Å². The van der Waals surface area contributed by atoms with Gasteiger partial charge in [-0.25, -0.2) is 4.98 Å². The molecule has 5 N–H and O–H groups in total. The van der Waals surface area contributed by atoms with Crippen LogP contribution in [0.25, 0.3) is 0 Å². The third kappa shape index (κ3) is 6.01. The highest BCUT2D eigenvalue weighted by Gasteiger charge is 2.27. The minimum Gasteiger partial charge on any atom is -0.384 e. The molecule has 0 bridgehead atoms. The first kappa shape index (κ1) is 21.7. The molecule has 1 saturated heterocycles. The summed E-state index contributed by atoms with van der Waals surface area (Å²) in [6, 6.07) is 12.8. The number of aryl methyl sites for hydroxylation is 1. The van der Waals surface area contributed by atoms with Gasteiger partial charge < -0.3 is 21.7 Å². The number of nitrogens with one attached hydrogen (secondary N) is 3. The number of rotatable bonds is 7. The van der Waals surface area contributed by atoms with Crippen molar-refractivity contribution < 1.29 is 9.59 Å². The van der Waals surface area contributed by atoms with Crippen molar-refractivity contribution in [1.29, 1.82) is 0 Å². The quantitative estimate of drug-likeness (QED) is 0.531. The van der Waals surface area contributed by atoms with Crippen LogP contribution in [0.3, 0.4) is 0 Å². The molecule has 1 aromatic carbocycles. The summed E-state index contributed by atoms with van der Waals surface area (Å²) < 4.78 is 0. The molecule has 2 aromatic rings. The minimum absolute atomic E-state index is 0.166. The van der Waals surface area contributed by atoms with Crippen LogP contribution in [-0.4, -0.2) is 53.4 Å². The monoisotopic (exact) mass is 410 g/mol. The highest BCUT2D eigenvalue weighted by molar-refractivity contribution is 5.89. The molecule has 1 aliphatic rings. The zero-order valence-electron chi connectivity index (χ0n) is 17.5. The van der Waals surface area contributed by atoms with Gasteiger partial charge in [-0.2, -0.15) is 0 Å². The van der Waals surface area contributed by atoms with Crippen molar-refractivity contribution in [3.63, 3.8) is 0 Å². The van der Waals surface area contributed by atoms with Gasteiger partial charge in [-0.1, -0.05) is 36.4 Å². The fourth-order valence-corrected chi connectivity index (χ4v) is 3.48. The molecule has 30 heavy (non-hydrogen) atoms. The van der Waals surface area contributed by atoms with Gasteiger partial charge in [0.2, 0.25) is 11.8 Å². The summed E-state index contributed by atoms with van der Waals surface area (Å²) >= 11 is 0. The van der Waals surface area contributed by atoms with Crippen molar-refractivity contribution in [2.75, 3.05) is 25.4 Å². The molecular weight excluding hydrogens is 380 g/mol. The first-order valence-corrected chi connectivity index (χ1v) is 10.2. The molecule has 2 heterocycles. The maximum Gasteiger partial charge on any atom is 0.242 e. The van der Waals surface area contributed by atoms with Crippen molar-refractivity contribution in [2.24, 2.45) is 0 Å². The van der Waals surface area contributed by atoms with E-state index < -0.39 is 6.04 Å². The molecule has 1 fully saturated rings. The maximum absolute atomic E-state index is 12.7. The second-order valence-corrected chi connectivity index (χ2v) is 7.66. The van der Waals surface area contributed by atoms with Crippen LogP contribution >= 0.6 is 0 Å². The van der Waals surface area contributed by atoms with E-state index in [9.17, 15) is 9.59 Å². The van der Waals surface area contributed by atoms with Crippen molar-refractivity contribution in [2.45, 2.75) is 39.0 Å². The lowest BCUT2D eigenvalue weighted by molar-refractivity contribution is -0.130. The largest absolute Gasteiger partial charge is 0.384 e. The second kappa shape index (κ2) is 10.2. The molecule has 0 aliphatic carbocycles. The molecule has 8 nitrogen and oxygen atoms in total. The molecule has 8 heteroatoms. The number of aromatic nitrogens is 1. The average molecular weight is 411 g/mol. The van der Waals surface area contributed by atoms with E-state index in [1.54, 1.807) is 13.0 Å². The molecule has 2 amide bonds. The van der Waals surface area contributed by atoms with Gasteiger partial charge in [-0.05, 0) is 31.0 Å². The number of amides is 2. The number of nitrogens with zero attached hydrogens (tertiary/aromatic N) is 2. The van der Waals surface area contributed by atoms with E-state index in [-0.39, 0.29) is 17.9 Å². The lowest BCUT2D eigenvalue weighted by Crippen LogP contribution is -2.59. The first-order chi connectivity index (χ1) is 14.4. The van der Waals surface area contributed by atoms with Gasteiger partial charge >= 0.3 is 0 Å². The highest BCUT2D eigenvalue weighted by atomic mass is 16.2. The lowest BCUT2D eigenvalue weighted by Gasteiger charge is -2.33. The number of nitrogen functional groups attached to an aromatic ring is 1. The SMILES string of the molecule is Cc1nc(N)ccc1CNC(=O)C(C)NC(=O)C1CN(Cc2ccccc2)CCN1. The third-order valence-electron chi connectivity index (χ3n) is 5.25. The highest BCUT2D eigenvalue weighted by Crippen LogP contribution is 2.09. The molecule has 1 aliphatic heterocycles. The van der Waals surface area contributed by atoms with Crippen LogP contribution in [0.15, 0.2) is 42.5 Å². The number of nitrogens with two attached hydrogens (primary N) is 1. The molecule has 3 rings (SSSR count). The number of anilines is 1. The Hall–Kier alpha value is -2.97. The molecule has 1 aromatic heterocycles. The minimum atomic E-state index is -0.633. The van der Waals surface area contributed by atoms with Gasteiger partial charge in [0.25, 0.3) is 0 Å². The summed E-state index contributed by atoms with van der Waals surface area (Å²) in [5.41, 5.74) is 8.54. The Balaban J connectivity index is 1.47. The second-order valence-electron chi connectivity index (χ2n) is 7.66. The Labute approximate surface area is 177 Å². The zero-order chi connectivity index (χ0) is 21.5. The Morgan fingerprint density at radius 1 is 1.27 bits per heavy atom. The van der Waals surface area contributed by atoms with Gasteiger partial charge in [0.05, 0.1) is 6.04 Å². The van der Waals surface area contributed by atoms with Crippen molar-refractivity contribution in [3.05, 3.63) is 59.3 Å². The predicted octanol–water partition coefficient (Wildman–Crippen LogP) is 0.567. The molecule has 2 atom stereocenters. The van der Waals surface area contributed by atoms with Crippen LogP contribution in [0.2, 0.25) is 0 Å². The fourth-order valence-electron chi connectivity index (χ4n) is 3.48. The van der Waals surface area contributed by atoms with E-state index in [1.807, 2.05) is 31.2 Å². The Morgan fingerprint density at radius 3 is 2.77 bits per heavy atom. The van der Waals surface area contributed by atoms with Crippen LogP contribution in [0.4, 0.5) is 5.82 Å². The number of hydrogen-bond acceptors (Lipinski definition) is 6. The normalized spacial score (nSPS) is 17.9. The van der Waals surface area contributed by atoms with Gasteiger partial charge in [-0.15, -0.1) is 0 Å². The van der Waals surface area contributed by atoms with Gasteiger partial charge in [0.1, 0.15) is 11.9 Å². The Bertz CT molecular complexity index is 873. The van der Waals surface area contributed by atoms with Gasteiger partial charge in [-0.3, -0.25) is 14.5 Å². The predicted molar refractivity (Wildman–Crippen MR) is 116 cm³/mol. The average Bonchev–Trinajstić information content (AvgIpc) is 2.73. The third-order valence-corrected chi connectivity index (χ3v) is 5.25. The van der Waals surface area contributed by atoms with E-state index >= 15 is 0 Å². The maximum atomic E-state index is 12.7.